The first-order valence-corrected chi connectivity index (χ1v) is 9.13. The zero-order chi connectivity index (χ0) is 14.8. The van der Waals surface area contributed by atoms with Gasteiger partial charge >= 0.3 is 0 Å². The van der Waals surface area contributed by atoms with Gasteiger partial charge in [-0.05, 0) is 55.6 Å². The lowest BCUT2D eigenvalue weighted by Gasteiger charge is -2.15. The summed E-state index contributed by atoms with van der Waals surface area (Å²) in [5.74, 6) is 3.14. The van der Waals surface area contributed by atoms with E-state index in [1.54, 1.807) is 7.11 Å². The zero-order valence-corrected chi connectivity index (χ0v) is 15.4. The van der Waals surface area contributed by atoms with Crippen LogP contribution in [0, 0.1) is 0 Å². The second-order valence-corrected chi connectivity index (χ2v) is 7.54. The summed E-state index contributed by atoms with van der Waals surface area (Å²) in [7, 11) is 1.65. The summed E-state index contributed by atoms with van der Waals surface area (Å²) in [6, 6.07) is 12.4. The molecule has 2 nitrogen and oxygen atoms in total. The molecule has 1 aliphatic rings. The molecule has 0 aromatic heterocycles. The molecule has 0 amide bonds. The lowest BCUT2D eigenvalue weighted by atomic mass is 10.0. The first kappa shape index (κ1) is 15.3. The molecule has 110 valence electrons. The van der Waals surface area contributed by atoms with Crippen LogP contribution in [-0.4, -0.2) is 19.5 Å². The Balaban J connectivity index is 1.73. The summed E-state index contributed by atoms with van der Waals surface area (Å²) >= 11 is 8.93. The number of benzene rings is 2. The molecule has 5 heteroatoms. The van der Waals surface area contributed by atoms with E-state index in [-0.39, 0.29) is 0 Å². The van der Waals surface area contributed by atoms with Gasteiger partial charge in [-0.2, -0.15) is 0 Å². The van der Waals surface area contributed by atoms with Crippen molar-refractivity contribution in [3.8, 4) is 11.5 Å². The molecule has 1 atom stereocenters. The van der Waals surface area contributed by atoms with Crippen molar-refractivity contribution in [1.29, 1.82) is 0 Å². The van der Waals surface area contributed by atoms with Crippen molar-refractivity contribution in [2.24, 2.45) is 0 Å². The van der Waals surface area contributed by atoms with Crippen LogP contribution in [-0.2, 0) is 0 Å². The fourth-order valence-corrected chi connectivity index (χ4v) is 4.49. The van der Waals surface area contributed by atoms with Gasteiger partial charge in [-0.15, -0.1) is 11.8 Å². The van der Waals surface area contributed by atoms with Gasteiger partial charge in [-0.3, -0.25) is 0 Å². The smallest absolute Gasteiger partial charge is 0.134 e. The van der Waals surface area contributed by atoms with Crippen molar-refractivity contribution in [3.05, 3.63) is 50.9 Å². The predicted molar refractivity (Wildman–Crippen MR) is 93.8 cm³/mol. The van der Waals surface area contributed by atoms with Crippen molar-refractivity contribution >= 4 is 43.6 Å². The van der Waals surface area contributed by atoms with Crippen LogP contribution in [0.2, 0.25) is 0 Å². The Bertz CT molecular complexity index is 661. The molecule has 0 spiro atoms. The number of hydrogen-bond donors (Lipinski definition) is 0. The largest absolute Gasteiger partial charge is 0.496 e. The number of ether oxygens (including phenoxy) is 2. The molecule has 1 unspecified atom stereocenters. The number of methoxy groups -OCH3 is 1. The van der Waals surface area contributed by atoms with E-state index in [1.165, 1.54) is 10.5 Å². The molecule has 0 saturated heterocycles. The van der Waals surface area contributed by atoms with Gasteiger partial charge in [0, 0.05) is 16.6 Å². The Kier molecular flexibility index (Phi) is 4.82. The van der Waals surface area contributed by atoms with Crippen molar-refractivity contribution in [1.82, 2.24) is 0 Å². The van der Waals surface area contributed by atoms with Gasteiger partial charge < -0.3 is 9.47 Å². The second kappa shape index (κ2) is 6.63. The molecule has 3 rings (SSSR count). The molecule has 1 aliphatic heterocycles. The Morgan fingerprint density at radius 1 is 1.14 bits per heavy atom. The molecule has 0 radical (unpaired) electrons. The van der Waals surface area contributed by atoms with Gasteiger partial charge in [0.05, 0.1) is 22.7 Å². The van der Waals surface area contributed by atoms with E-state index in [4.69, 9.17) is 9.47 Å². The Labute approximate surface area is 145 Å². The molecule has 0 saturated carbocycles. The van der Waals surface area contributed by atoms with E-state index in [0.717, 1.165) is 26.2 Å². The average molecular weight is 430 g/mol. The second-order valence-electron chi connectivity index (χ2n) is 4.77. The van der Waals surface area contributed by atoms with Crippen molar-refractivity contribution in [2.75, 3.05) is 19.5 Å². The maximum Gasteiger partial charge on any atom is 0.134 e. The summed E-state index contributed by atoms with van der Waals surface area (Å²) in [6.45, 7) is 0.682. The van der Waals surface area contributed by atoms with Crippen LogP contribution in [0.3, 0.4) is 0 Å². The van der Waals surface area contributed by atoms with E-state index < -0.39 is 0 Å². The molecule has 2 aromatic carbocycles. The van der Waals surface area contributed by atoms with Gasteiger partial charge in [0.1, 0.15) is 11.5 Å². The normalized spacial score (nSPS) is 16.6. The fourth-order valence-electron chi connectivity index (χ4n) is 2.34. The number of rotatable bonds is 4. The number of hydrogen-bond acceptors (Lipinski definition) is 3. The lowest BCUT2D eigenvalue weighted by molar-refractivity contribution is 0.295. The minimum atomic E-state index is 0.443. The van der Waals surface area contributed by atoms with E-state index in [9.17, 15) is 0 Å². The third-order valence-corrected chi connectivity index (χ3v) is 5.94. The predicted octanol–water partition coefficient (Wildman–Crippen LogP) is 5.49. The third kappa shape index (κ3) is 3.25. The average Bonchev–Trinajstić information content (AvgIpc) is 2.91. The van der Waals surface area contributed by atoms with E-state index in [1.807, 2.05) is 23.9 Å². The summed E-state index contributed by atoms with van der Waals surface area (Å²) in [5.41, 5.74) is 1.39. The van der Waals surface area contributed by atoms with Crippen LogP contribution in [0.25, 0.3) is 0 Å². The van der Waals surface area contributed by atoms with Gasteiger partial charge in [-0.25, -0.2) is 0 Å². The quantitative estimate of drug-likeness (QED) is 0.640. The van der Waals surface area contributed by atoms with Crippen LogP contribution in [0.5, 0.6) is 11.5 Å². The molecule has 0 bridgehead atoms. The van der Waals surface area contributed by atoms with Crippen LogP contribution in [0.1, 0.15) is 11.5 Å². The third-order valence-electron chi connectivity index (χ3n) is 3.45. The first-order valence-electron chi connectivity index (χ1n) is 6.56. The summed E-state index contributed by atoms with van der Waals surface area (Å²) in [4.78, 5) is 1.38. The first-order chi connectivity index (χ1) is 10.2. The standard InChI is InChI=1S/C16H14Br2O2S/c1-19-14-6-13(18)15(7-12(14)17)20-8-10-9-21-16-5-3-2-4-11(10)16/h2-7,10H,8-9H2,1H3. The maximum absolute atomic E-state index is 6.01. The van der Waals surface area contributed by atoms with Crippen LogP contribution >= 0.6 is 43.6 Å². The highest BCUT2D eigenvalue weighted by Gasteiger charge is 2.23. The van der Waals surface area contributed by atoms with Gasteiger partial charge in [0.2, 0.25) is 0 Å². The minimum absolute atomic E-state index is 0.443. The van der Waals surface area contributed by atoms with Gasteiger partial charge in [-0.1, -0.05) is 18.2 Å². The van der Waals surface area contributed by atoms with E-state index >= 15 is 0 Å². The lowest BCUT2D eigenvalue weighted by Crippen LogP contribution is -2.10. The molecular weight excluding hydrogens is 416 g/mol. The van der Waals surface area contributed by atoms with Crippen LogP contribution in [0.15, 0.2) is 50.2 Å². The number of fused-ring (bicyclic) bond motifs is 1. The van der Waals surface area contributed by atoms with Crippen molar-refractivity contribution in [2.45, 2.75) is 10.8 Å². The highest BCUT2D eigenvalue weighted by atomic mass is 79.9. The summed E-state index contributed by atoms with van der Waals surface area (Å²) in [5, 5.41) is 0. The van der Waals surface area contributed by atoms with Crippen molar-refractivity contribution in [3.63, 3.8) is 0 Å². The molecule has 2 aromatic rings. The monoisotopic (exact) mass is 428 g/mol. The molecule has 1 heterocycles. The molecular formula is C16H14Br2O2S. The maximum atomic E-state index is 6.01. The minimum Gasteiger partial charge on any atom is -0.496 e. The highest BCUT2D eigenvalue weighted by Crippen LogP contribution is 2.41. The SMILES string of the molecule is COc1cc(Br)c(OCC2CSc3ccccc32)cc1Br. The van der Waals surface area contributed by atoms with E-state index in [2.05, 4.69) is 56.1 Å². The summed E-state index contributed by atoms with van der Waals surface area (Å²) in [6.07, 6.45) is 0. The fraction of sp³-hybridized carbons (Fsp3) is 0.250. The van der Waals surface area contributed by atoms with Crippen molar-refractivity contribution < 1.29 is 9.47 Å². The van der Waals surface area contributed by atoms with Crippen LogP contribution in [0.4, 0.5) is 0 Å². The number of thioether (sulfide) groups is 1. The van der Waals surface area contributed by atoms with Crippen LogP contribution < -0.4 is 9.47 Å². The van der Waals surface area contributed by atoms with E-state index in [0.29, 0.717) is 12.5 Å². The Hall–Kier alpha value is -0.650. The molecule has 0 N–H and O–H groups in total. The topological polar surface area (TPSA) is 18.5 Å². The number of halogens is 2. The van der Waals surface area contributed by atoms with Gasteiger partial charge in [0.15, 0.2) is 0 Å². The van der Waals surface area contributed by atoms with Gasteiger partial charge in [0.25, 0.3) is 0 Å². The molecule has 0 aliphatic carbocycles. The molecule has 21 heavy (non-hydrogen) atoms. The highest BCUT2D eigenvalue weighted by molar-refractivity contribution is 9.11. The summed E-state index contributed by atoms with van der Waals surface area (Å²) < 4.78 is 13.1. The molecule has 0 fully saturated rings. The zero-order valence-electron chi connectivity index (χ0n) is 11.4. The Morgan fingerprint density at radius 3 is 2.67 bits per heavy atom. The Morgan fingerprint density at radius 2 is 1.86 bits per heavy atom.